The Hall–Kier alpha value is -2.32. The molecule has 0 bridgehead atoms. The van der Waals surface area contributed by atoms with Crippen LogP contribution in [-0.2, 0) is 14.4 Å². The number of amides is 5. The van der Waals surface area contributed by atoms with E-state index in [0.29, 0.717) is 19.0 Å². The van der Waals surface area contributed by atoms with Crippen LogP contribution in [0.15, 0.2) is 0 Å². The Morgan fingerprint density at radius 2 is 1.74 bits per heavy atom. The standard InChI is InChI=1S/C26H45N5O4/c1-3-5-10-20(17-22(32)28-19-12-13-19)29-24(34)21-11-9-16-31(21)23(33)18-27-25(35)30-26(4-2)14-7-6-8-15-26/h19-21H,3-18H2,1-2H3,(H,28,32)(H,29,34)(H2,27,30,35). The highest BCUT2D eigenvalue weighted by Gasteiger charge is 2.36. The highest BCUT2D eigenvalue weighted by molar-refractivity contribution is 5.91. The fraction of sp³-hybridized carbons (Fsp3) is 0.846. The molecule has 198 valence electrons. The first-order chi connectivity index (χ1) is 16.9. The lowest BCUT2D eigenvalue weighted by atomic mass is 9.80. The lowest BCUT2D eigenvalue weighted by Gasteiger charge is -2.37. The summed E-state index contributed by atoms with van der Waals surface area (Å²) >= 11 is 0. The van der Waals surface area contributed by atoms with Crippen molar-refractivity contribution in [3.8, 4) is 0 Å². The van der Waals surface area contributed by atoms with E-state index in [1.165, 1.54) is 6.42 Å². The van der Waals surface area contributed by atoms with Crippen LogP contribution < -0.4 is 21.3 Å². The molecule has 0 aromatic heterocycles. The number of carbonyl (C=O) groups is 4. The van der Waals surface area contributed by atoms with Gasteiger partial charge in [0, 0.05) is 30.6 Å². The molecule has 2 aliphatic carbocycles. The van der Waals surface area contributed by atoms with Gasteiger partial charge in [-0.25, -0.2) is 4.79 Å². The van der Waals surface area contributed by atoms with Crippen molar-refractivity contribution in [2.45, 2.75) is 127 Å². The van der Waals surface area contributed by atoms with Crippen molar-refractivity contribution in [1.82, 2.24) is 26.2 Å². The van der Waals surface area contributed by atoms with Gasteiger partial charge in [-0.2, -0.15) is 0 Å². The smallest absolute Gasteiger partial charge is 0.315 e. The van der Waals surface area contributed by atoms with E-state index in [2.05, 4.69) is 35.1 Å². The maximum absolute atomic E-state index is 13.1. The fourth-order valence-corrected chi connectivity index (χ4v) is 5.39. The van der Waals surface area contributed by atoms with Crippen LogP contribution in [0.5, 0.6) is 0 Å². The monoisotopic (exact) mass is 491 g/mol. The van der Waals surface area contributed by atoms with E-state index in [-0.39, 0.29) is 48.3 Å². The number of unbranched alkanes of at least 4 members (excludes halogenated alkanes) is 1. The number of likely N-dealkylation sites (tertiary alicyclic amines) is 1. The molecule has 3 aliphatic rings. The molecule has 2 saturated carbocycles. The summed E-state index contributed by atoms with van der Waals surface area (Å²) < 4.78 is 0. The normalized spacial score (nSPS) is 22.2. The van der Waals surface area contributed by atoms with Crippen LogP contribution in [0.1, 0.15) is 104 Å². The van der Waals surface area contributed by atoms with Crippen LogP contribution in [-0.4, -0.2) is 65.4 Å². The minimum absolute atomic E-state index is 0.0220. The average molecular weight is 492 g/mol. The van der Waals surface area contributed by atoms with Crippen LogP contribution in [0.25, 0.3) is 0 Å². The van der Waals surface area contributed by atoms with Crippen molar-refractivity contribution in [1.29, 1.82) is 0 Å². The molecule has 9 heteroatoms. The first kappa shape index (κ1) is 27.3. The van der Waals surface area contributed by atoms with E-state index in [1.54, 1.807) is 4.90 Å². The molecule has 0 radical (unpaired) electrons. The van der Waals surface area contributed by atoms with Gasteiger partial charge in [-0.1, -0.05) is 46.0 Å². The molecule has 1 aliphatic heterocycles. The third kappa shape index (κ3) is 8.39. The maximum Gasteiger partial charge on any atom is 0.315 e. The average Bonchev–Trinajstić information content (AvgIpc) is 3.51. The molecular weight excluding hydrogens is 446 g/mol. The predicted octanol–water partition coefficient (Wildman–Crippen LogP) is 2.73. The number of carbonyl (C=O) groups excluding carboxylic acids is 4. The van der Waals surface area contributed by atoms with Gasteiger partial charge in [0.15, 0.2) is 0 Å². The van der Waals surface area contributed by atoms with Crippen molar-refractivity contribution in [3.63, 3.8) is 0 Å². The van der Waals surface area contributed by atoms with Crippen LogP contribution in [0.3, 0.4) is 0 Å². The molecule has 2 unspecified atom stereocenters. The minimum atomic E-state index is -0.552. The number of rotatable bonds is 12. The summed E-state index contributed by atoms with van der Waals surface area (Å²) in [6, 6.07) is -0.807. The third-order valence-corrected chi connectivity index (χ3v) is 7.77. The second-order valence-electron chi connectivity index (χ2n) is 10.6. The molecule has 35 heavy (non-hydrogen) atoms. The molecule has 2 atom stereocenters. The van der Waals surface area contributed by atoms with E-state index in [9.17, 15) is 19.2 Å². The first-order valence-electron chi connectivity index (χ1n) is 13.8. The highest BCUT2D eigenvalue weighted by Crippen LogP contribution is 2.30. The summed E-state index contributed by atoms with van der Waals surface area (Å²) in [5.74, 6) is -0.470. The Bertz CT molecular complexity index is 748. The van der Waals surface area contributed by atoms with Gasteiger partial charge in [-0.15, -0.1) is 0 Å². The van der Waals surface area contributed by atoms with Gasteiger partial charge in [-0.3, -0.25) is 14.4 Å². The zero-order valence-electron chi connectivity index (χ0n) is 21.6. The van der Waals surface area contributed by atoms with Gasteiger partial charge in [0.05, 0.1) is 6.54 Å². The van der Waals surface area contributed by atoms with Gasteiger partial charge in [-0.05, 0) is 51.4 Å². The van der Waals surface area contributed by atoms with Crippen molar-refractivity contribution < 1.29 is 19.2 Å². The first-order valence-corrected chi connectivity index (χ1v) is 13.8. The Morgan fingerprint density at radius 3 is 2.40 bits per heavy atom. The van der Waals surface area contributed by atoms with Crippen LogP contribution in [0, 0.1) is 0 Å². The van der Waals surface area contributed by atoms with Gasteiger partial charge < -0.3 is 26.2 Å². The van der Waals surface area contributed by atoms with Crippen LogP contribution in [0.2, 0.25) is 0 Å². The number of nitrogens with zero attached hydrogens (tertiary/aromatic N) is 1. The van der Waals surface area contributed by atoms with Gasteiger partial charge in [0.2, 0.25) is 17.7 Å². The summed E-state index contributed by atoms with van der Waals surface area (Å²) in [5, 5.41) is 11.9. The molecule has 4 N–H and O–H groups in total. The molecule has 5 amide bonds. The second kappa shape index (κ2) is 13.1. The number of hydrogen-bond acceptors (Lipinski definition) is 4. The van der Waals surface area contributed by atoms with E-state index in [1.807, 2.05) is 0 Å². The van der Waals surface area contributed by atoms with E-state index in [4.69, 9.17) is 0 Å². The van der Waals surface area contributed by atoms with Crippen LogP contribution >= 0.6 is 0 Å². The fourth-order valence-electron chi connectivity index (χ4n) is 5.39. The minimum Gasteiger partial charge on any atom is -0.353 e. The van der Waals surface area contributed by atoms with Crippen molar-refractivity contribution >= 4 is 23.8 Å². The Morgan fingerprint density at radius 1 is 1.00 bits per heavy atom. The Balaban J connectivity index is 1.48. The predicted molar refractivity (Wildman–Crippen MR) is 135 cm³/mol. The largest absolute Gasteiger partial charge is 0.353 e. The quantitative estimate of drug-likeness (QED) is 0.336. The van der Waals surface area contributed by atoms with Gasteiger partial charge in [0.25, 0.3) is 0 Å². The topological polar surface area (TPSA) is 120 Å². The second-order valence-corrected chi connectivity index (χ2v) is 10.6. The maximum atomic E-state index is 13.1. The third-order valence-electron chi connectivity index (χ3n) is 7.77. The number of hydrogen-bond donors (Lipinski definition) is 4. The molecule has 3 rings (SSSR count). The van der Waals surface area contributed by atoms with E-state index in [0.717, 1.165) is 70.6 Å². The molecule has 0 aromatic carbocycles. The lowest BCUT2D eigenvalue weighted by molar-refractivity contribution is -0.138. The van der Waals surface area contributed by atoms with Gasteiger partial charge >= 0.3 is 6.03 Å². The van der Waals surface area contributed by atoms with E-state index < -0.39 is 6.04 Å². The zero-order valence-corrected chi connectivity index (χ0v) is 21.6. The molecule has 1 heterocycles. The highest BCUT2D eigenvalue weighted by atomic mass is 16.2. The van der Waals surface area contributed by atoms with Gasteiger partial charge in [0.1, 0.15) is 6.04 Å². The SMILES string of the molecule is CCCCC(CC(=O)NC1CC1)NC(=O)C1CCCN1C(=O)CNC(=O)NC1(CC)CCCCC1. The summed E-state index contributed by atoms with van der Waals surface area (Å²) in [5.41, 5.74) is -0.180. The van der Waals surface area contributed by atoms with Crippen molar-refractivity contribution in [2.75, 3.05) is 13.1 Å². The molecule has 9 nitrogen and oxygen atoms in total. The lowest BCUT2D eigenvalue weighted by Crippen LogP contribution is -2.55. The summed E-state index contributed by atoms with van der Waals surface area (Å²) in [6.07, 6.45) is 12.6. The number of urea groups is 1. The Labute approximate surface area is 209 Å². The number of nitrogens with one attached hydrogen (secondary N) is 4. The van der Waals surface area contributed by atoms with Crippen LogP contribution in [0.4, 0.5) is 4.79 Å². The van der Waals surface area contributed by atoms with Crippen molar-refractivity contribution in [3.05, 3.63) is 0 Å². The summed E-state index contributed by atoms with van der Waals surface area (Å²) in [4.78, 5) is 52.4. The molecule has 1 saturated heterocycles. The molecular formula is C26H45N5O4. The molecule has 0 aromatic rings. The van der Waals surface area contributed by atoms with E-state index >= 15 is 0 Å². The molecule has 0 spiro atoms. The molecule has 3 fully saturated rings. The summed E-state index contributed by atoms with van der Waals surface area (Å²) in [7, 11) is 0. The summed E-state index contributed by atoms with van der Waals surface area (Å²) in [6.45, 7) is 4.55. The zero-order chi connectivity index (χ0) is 25.3. The Kier molecular flexibility index (Phi) is 10.2. The van der Waals surface area contributed by atoms with Crippen molar-refractivity contribution in [2.24, 2.45) is 0 Å².